The molecule has 2 aromatic carbocycles. The first kappa shape index (κ1) is 21.1. The van der Waals surface area contributed by atoms with Crippen molar-refractivity contribution in [3.05, 3.63) is 99.4 Å². The van der Waals surface area contributed by atoms with E-state index in [-0.39, 0.29) is 21.9 Å². The number of hydrogen-bond acceptors (Lipinski definition) is 4. The van der Waals surface area contributed by atoms with E-state index in [1.165, 1.54) is 18.2 Å². The second-order valence-electron chi connectivity index (χ2n) is 6.98. The average Bonchev–Trinajstić information content (AvgIpc) is 2.71. The van der Waals surface area contributed by atoms with Gasteiger partial charge in [0.1, 0.15) is 0 Å². The zero-order valence-electron chi connectivity index (χ0n) is 16.9. The molecule has 0 aliphatic rings. The molecule has 3 rings (SSSR count). The number of benzene rings is 2. The van der Waals surface area contributed by atoms with Crippen LogP contribution in [0.2, 0.25) is 0 Å². The topological polar surface area (TPSA) is 82.1 Å². The van der Waals surface area contributed by atoms with Crippen molar-refractivity contribution >= 4 is 40.0 Å². The molecule has 0 amide bonds. The molecule has 7 heteroatoms. The minimum Gasteiger partial charge on any atom is -0.867 e. The molecule has 0 fully saturated rings. The average molecular weight is 420 g/mol. The van der Waals surface area contributed by atoms with Crippen molar-refractivity contribution in [2.75, 3.05) is 5.32 Å². The third kappa shape index (κ3) is 4.52. The van der Waals surface area contributed by atoms with Crippen molar-refractivity contribution in [2.45, 2.75) is 20.8 Å². The van der Waals surface area contributed by atoms with Crippen LogP contribution in [0, 0.1) is 30.9 Å². The summed E-state index contributed by atoms with van der Waals surface area (Å²) in [5, 5.41) is 27.7. The lowest BCUT2D eigenvalue weighted by molar-refractivity contribution is -0.578. The third-order valence-corrected chi connectivity index (χ3v) is 5.10. The minimum absolute atomic E-state index is 0.150. The summed E-state index contributed by atoms with van der Waals surface area (Å²) in [5.74, 6) is -0.405. The molecule has 1 N–H and O–H groups in total. The highest BCUT2D eigenvalue weighted by Gasteiger charge is 2.20. The van der Waals surface area contributed by atoms with E-state index in [1.54, 1.807) is 23.0 Å². The van der Waals surface area contributed by atoms with Gasteiger partial charge in [-0.15, -0.1) is 0 Å². The molecule has 0 radical (unpaired) electrons. The Labute approximate surface area is 180 Å². The summed E-state index contributed by atoms with van der Waals surface area (Å²) in [6.07, 6.45) is 3.52. The van der Waals surface area contributed by atoms with Gasteiger partial charge in [0.2, 0.25) is 5.70 Å². The number of thiocarbonyl (C=S) groups is 1. The Hall–Kier alpha value is -3.58. The molecule has 152 valence electrons. The van der Waals surface area contributed by atoms with Crippen LogP contribution in [0.15, 0.2) is 67.0 Å². The molecule has 0 bridgehead atoms. The van der Waals surface area contributed by atoms with Gasteiger partial charge >= 0.3 is 0 Å². The minimum atomic E-state index is -0.525. The zero-order chi connectivity index (χ0) is 21.8. The van der Waals surface area contributed by atoms with E-state index in [0.717, 1.165) is 22.4 Å². The van der Waals surface area contributed by atoms with E-state index in [2.05, 4.69) is 5.32 Å². The first-order chi connectivity index (χ1) is 14.3. The Kier molecular flexibility index (Phi) is 6.23. The van der Waals surface area contributed by atoms with Crippen molar-refractivity contribution in [2.24, 2.45) is 0 Å². The van der Waals surface area contributed by atoms with Crippen LogP contribution in [-0.2, 0) is 0 Å². The van der Waals surface area contributed by atoms with Gasteiger partial charge in [0.15, 0.2) is 17.4 Å². The lowest BCUT2D eigenvalue weighted by Crippen LogP contribution is -2.40. The predicted molar refractivity (Wildman–Crippen MR) is 120 cm³/mol. The molecule has 0 atom stereocenters. The second-order valence-corrected chi connectivity index (χ2v) is 7.38. The number of anilines is 1. The van der Waals surface area contributed by atoms with Gasteiger partial charge in [0.25, 0.3) is 5.69 Å². The second kappa shape index (κ2) is 8.84. The van der Waals surface area contributed by atoms with E-state index < -0.39 is 10.7 Å². The molecule has 0 aliphatic carbocycles. The van der Waals surface area contributed by atoms with E-state index in [9.17, 15) is 15.2 Å². The van der Waals surface area contributed by atoms with Gasteiger partial charge in [0, 0.05) is 29.4 Å². The third-order valence-electron chi connectivity index (χ3n) is 4.81. The van der Waals surface area contributed by atoms with E-state index >= 15 is 0 Å². The summed E-state index contributed by atoms with van der Waals surface area (Å²) < 4.78 is 1.65. The van der Waals surface area contributed by atoms with Crippen molar-refractivity contribution < 1.29 is 14.6 Å². The summed E-state index contributed by atoms with van der Waals surface area (Å²) >= 11 is 5.62. The monoisotopic (exact) mass is 419 g/mol. The first-order valence-electron chi connectivity index (χ1n) is 9.30. The number of nitro groups is 1. The number of non-ortho nitro benzene ring substituents is 1. The summed E-state index contributed by atoms with van der Waals surface area (Å²) in [4.78, 5) is 10.9. The zero-order valence-corrected chi connectivity index (χ0v) is 17.7. The highest BCUT2D eigenvalue weighted by molar-refractivity contribution is 7.81. The summed E-state index contributed by atoms with van der Waals surface area (Å²) in [7, 11) is 0. The van der Waals surface area contributed by atoms with Gasteiger partial charge in [-0.1, -0.05) is 36.5 Å². The first-order valence-corrected chi connectivity index (χ1v) is 9.70. The molecule has 30 heavy (non-hydrogen) atoms. The Morgan fingerprint density at radius 2 is 1.80 bits per heavy atom. The maximum atomic E-state index is 13.4. The van der Waals surface area contributed by atoms with Crippen LogP contribution in [0.4, 0.5) is 11.4 Å². The van der Waals surface area contributed by atoms with Gasteiger partial charge in [0.05, 0.1) is 4.92 Å². The molecule has 0 unspecified atom stereocenters. The highest BCUT2D eigenvalue weighted by Crippen LogP contribution is 2.23. The molecular formula is C23H21N3O3S. The summed E-state index contributed by atoms with van der Waals surface area (Å²) in [6.45, 7) is 5.88. The number of pyridine rings is 1. The van der Waals surface area contributed by atoms with E-state index in [0.29, 0.717) is 0 Å². The predicted octanol–water partition coefficient (Wildman–Crippen LogP) is 3.93. The lowest BCUT2D eigenvalue weighted by Gasteiger charge is -2.18. The van der Waals surface area contributed by atoms with Crippen LogP contribution in [0.1, 0.15) is 22.3 Å². The Morgan fingerprint density at radius 1 is 1.07 bits per heavy atom. The van der Waals surface area contributed by atoms with Crippen LogP contribution in [0.25, 0.3) is 11.5 Å². The Morgan fingerprint density at radius 3 is 2.50 bits per heavy atom. The molecule has 0 aliphatic heterocycles. The fourth-order valence-electron chi connectivity index (χ4n) is 3.04. The van der Waals surface area contributed by atoms with Gasteiger partial charge in [-0.05, 0) is 55.4 Å². The molecule has 0 saturated heterocycles. The van der Waals surface area contributed by atoms with Crippen LogP contribution >= 0.6 is 12.2 Å². The SMILES string of the molecule is Cc1ccc[n+](C(C(=S)Nc2cccc(C)c2C)=C([O-])c2cccc([N+](=O)[O-])c2)c1. The van der Waals surface area contributed by atoms with Crippen LogP contribution < -0.4 is 15.0 Å². The number of nitro benzene ring substituents is 1. The van der Waals surface area contributed by atoms with Gasteiger partial charge in [-0.3, -0.25) is 10.1 Å². The van der Waals surface area contributed by atoms with Crippen molar-refractivity contribution in [3.8, 4) is 0 Å². The van der Waals surface area contributed by atoms with Gasteiger partial charge < -0.3 is 10.4 Å². The maximum absolute atomic E-state index is 13.4. The van der Waals surface area contributed by atoms with Crippen LogP contribution in [0.5, 0.6) is 0 Å². The number of aryl methyl sites for hydroxylation is 2. The summed E-state index contributed by atoms with van der Waals surface area (Å²) in [6, 6.07) is 15.2. The molecule has 0 spiro atoms. The number of aromatic nitrogens is 1. The Balaban J connectivity index is 2.14. The lowest BCUT2D eigenvalue weighted by atomic mass is 10.1. The van der Waals surface area contributed by atoms with Crippen molar-refractivity contribution in [3.63, 3.8) is 0 Å². The van der Waals surface area contributed by atoms with Gasteiger partial charge in [-0.2, -0.15) is 4.57 Å². The standard InChI is InChI=1S/C23H21N3O3S/c1-15-7-6-12-25(14-15)21(22(27)18-9-5-10-19(13-18)26(28)29)23(30)24-20-11-4-8-16(2)17(20)3/h4-14H,1-3H3,(H-,24,27,30). The van der Waals surface area contributed by atoms with E-state index in [1.807, 2.05) is 51.1 Å². The quantitative estimate of drug-likeness (QED) is 0.169. The van der Waals surface area contributed by atoms with Crippen molar-refractivity contribution in [1.82, 2.24) is 0 Å². The molecule has 0 saturated carbocycles. The molecular weight excluding hydrogens is 398 g/mol. The molecule has 1 heterocycles. The van der Waals surface area contributed by atoms with Gasteiger partial charge in [-0.25, -0.2) is 0 Å². The van der Waals surface area contributed by atoms with E-state index in [4.69, 9.17) is 12.2 Å². The number of nitrogens with zero attached hydrogens (tertiary/aromatic N) is 2. The van der Waals surface area contributed by atoms with Crippen LogP contribution in [0.3, 0.4) is 0 Å². The number of hydrogen-bond donors (Lipinski definition) is 1. The Bertz CT molecular complexity index is 1170. The normalized spacial score (nSPS) is 11.6. The fourth-order valence-corrected chi connectivity index (χ4v) is 3.34. The van der Waals surface area contributed by atoms with Crippen molar-refractivity contribution in [1.29, 1.82) is 0 Å². The highest BCUT2D eigenvalue weighted by atomic mass is 32.1. The number of nitrogens with one attached hydrogen (secondary N) is 1. The molecule has 3 aromatic rings. The maximum Gasteiger partial charge on any atom is 0.270 e. The number of rotatable bonds is 5. The summed E-state index contributed by atoms with van der Waals surface area (Å²) in [5.41, 5.74) is 4.12. The smallest absolute Gasteiger partial charge is 0.270 e. The molecule has 1 aromatic heterocycles. The largest absolute Gasteiger partial charge is 0.867 e. The molecule has 6 nitrogen and oxygen atoms in total. The fraction of sp³-hybridized carbons (Fsp3) is 0.130. The van der Waals surface area contributed by atoms with Crippen LogP contribution in [-0.4, -0.2) is 9.91 Å².